The minimum atomic E-state index is -1.02. The van der Waals surface area contributed by atoms with Gasteiger partial charge in [0.1, 0.15) is 5.69 Å². The van der Waals surface area contributed by atoms with Crippen molar-refractivity contribution in [3.63, 3.8) is 0 Å². The molecule has 0 unspecified atom stereocenters. The summed E-state index contributed by atoms with van der Waals surface area (Å²) in [5.74, 6) is -1.02. The zero-order chi connectivity index (χ0) is 12.4. The van der Waals surface area contributed by atoms with Crippen molar-refractivity contribution in [1.29, 1.82) is 0 Å². The average molecular weight is 231 g/mol. The minimum absolute atomic E-state index is 0.0463. The molecule has 0 amide bonds. The SMILES string of the molecule is CC(C)n1cc(-c2ccc(C(=O)O)nc2)cn1. The van der Waals surface area contributed by atoms with Crippen LogP contribution in [0.3, 0.4) is 0 Å². The summed E-state index contributed by atoms with van der Waals surface area (Å²) < 4.78 is 1.85. The molecule has 0 saturated carbocycles. The molecule has 2 aromatic rings. The van der Waals surface area contributed by atoms with Crippen molar-refractivity contribution in [2.24, 2.45) is 0 Å². The van der Waals surface area contributed by atoms with Crippen LogP contribution in [-0.2, 0) is 0 Å². The Morgan fingerprint density at radius 3 is 2.53 bits per heavy atom. The molecule has 0 aromatic carbocycles. The summed E-state index contributed by atoms with van der Waals surface area (Å²) in [7, 11) is 0. The van der Waals surface area contributed by atoms with Gasteiger partial charge in [0.2, 0.25) is 0 Å². The fourth-order valence-electron chi connectivity index (χ4n) is 1.46. The summed E-state index contributed by atoms with van der Waals surface area (Å²) in [5, 5.41) is 13.0. The van der Waals surface area contributed by atoms with Gasteiger partial charge in [0.25, 0.3) is 0 Å². The normalized spacial score (nSPS) is 10.8. The van der Waals surface area contributed by atoms with Crippen LogP contribution >= 0.6 is 0 Å². The van der Waals surface area contributed by atoms with Gasteiger partial charge in [-0.25, -0.2) is 9.78 Å². The zero-order valence-electron chi connectivity index (χ0n) is 9.66. The van der Waals surface area contributed by atoms with E-state index in [4.69, 9.17) is 5.11 Å². The van der Waals surface area contributed by atoms with Crippen molar-refractivity contribution in [2.45, 2.75) is 19.9 Å². The van der Waals surface area contributed by atoms with E-state index in [1.54, 1.807) is 18.5 Å². The first-order valence-electron chi connectivity index (χ1n) is 5.32. The van der Waals surface area contributed by atoms with Crippen molar-refractivity contribution >= 4 is 5.97 Å². The molecule has 5 heteroatoms. The Kier molecular flexibility index (Phi) is 2.91. The number of carboxylic acids is 1. The summed E-state index contributed by atoms with van der Waals surface area (Å²) in [5.41, 5.74) is 1.84. The molecule has 0 fully saturated rings. The Morgan fingerprint density at radius 2 is 2.06 bits per heavy atom. The number of carboxylic acid groups (broad SMARTS) is 1. The summed E-state index contributed by atoms with van der Waals surface area (Å²) in [6.45, 7) is 4.09. The van der Waals surface area contributed by atoms with Gasteiger partial charge < -0.3 is 5.11 Å². The molecular weight excluding hydrogens is 218 g/mol. The van der Waals surface area contributed by atoms with E-state index >= 15 is 0 Å². The lowest BCUT2D eigenvalue weighted by Gasteiger charge is -2.03. The van der Waals surface area contributed by atoms with Crippen LogP contribution < -0.4 is 0 Å². The number of aromatic carboxylic acids is 1. The average Bonchev–Trinajstić information content (AvgIpc) is 2.78. The van der Waals surface area contributed by atoms with Gasteiger partial charge in [0, 0.05) is 29.6 Å². The number of hydrogen-bond acceptors (Lipinski definition) is 3. The van der Waals surface area contributed by atoms with Crippen LogP contribution in [0.15, 0.2) is 30.7 Å². The number of pyridine rings is 1. The molecule has 2 aromatic heterocycles. The van der Waals surface area contributed by atoms with Gasteiger partial charge in [-0.15, -0.1) is 0 Å². The summed E-state index contributed by atoms with van der Waals surface area (Å²) >= 11 is 0. The van der Waals surface area contributed by atoms with Gasteiger partial charge >= 0.3 is 5.97 Å². The van der Waals surface area contributed by atoms with Crippen LogP contribution in [0.2, 0.25) is 0 Å². The van der Waals surface area contributed by atoms with E-state index in [1.165, 1.54) is 6.07 Å². The predicted molar refractivity (Wildman–Crippen MR) is 62.8 cm³/mol. The molecule has 0 saturated heterocycles. The van der Waals surface area contributed by atoms with Crippen LogP contribution in [0.4, 0.5) is 0 Å². The van der Waals surface area contributed by atoms with Gasteiger partial charge in [0.15, 0.2) is 0 Å². The molecule has 1 N–H and O–H groups in total. The number of nitrogens with zero attached hydrogens (tertiary/aromatic N) is 3. The first kappa shape index (κ1) is 11.3. The number of rotatable bonds is 3. The standard InChI is InChI=1S/C12H13N3O2/c1-8(2)15-7-10(6-14-15)9-3-4-11(12(16)17)13-5-9/h3-8H,1-2H3,(H,16,17). The molecule has 0 bridgehead atoms. The van der Waals surface area contributed by atoms with Crippen molar-refractivity contribution in [3.8, 4) is 11.1 Å². The molecule has 0 aliphatic carbocycles. The Balaban J connectivity index is 2.30. The molecular formula is C12H13N3O2. The maximum Gasteiger partial charge on any atom is 0.354 e. The summed E-state index contributed by atoms with van der Waals surface area (Å²) in [6.07, 6.45) is 5.21. The molecule has 0 aliphatic heterocycles. The molecule has 5 nitrogen and oxygen atoms in total. The fraction of sp³-hybridized carbons (Fsp3) is 0.250. The van der Waals surface area contributed by atoms with Crippen molar-refractivity contribution in [2.75, 3.05) is 0 Å². The van der Waals surface area contributed by atoms with E-state index < -0.39 is 5.97 Å². The molecule has 2 heterocycles. The lowest BCUT2D eigenvalue weighted by molar-refractivity contribution is 0.0690. The highest BCUT2D eigenvalue weighted by atomic mass is 16.4. The maximum absolute atomic E-state index is 10.7. The second-order valence-electron chi connectivity index (χ2n) is 4.04. The van der Waals surface area contributed by atoms with Gasteiger partial charge in [0.05, 0.1) is 6.20 Å². The van der Waals surface area contributed by atoms with E-state index in [-0.39, 0.29) is 5.69 Å². The predicted octanol–water partition coefficient (Wildman–Crippen LogP) is 2.22. The highest BCUT2D eigenvalue weighted by Gasteiger charge is 2.07. The van der Waals surface area contributed by atoms with Crippen molar-refractivity contribution in [3.05, 3.63) is 36.4 Å². The second-order valence-corrected chi connectivity index (χ2v) is 4.04. The number of aromatic nitrogens is 3. The lowest BCUT2D eigenvalue weighted by atomic mass is 10.1. The molecule has 17 heavy (non-hydrogen) atoms. The lowest BCUT2D eigenvalue weighted by Crippen LogP contribution is -2.00. The fourth-order valence-corrected chi connectivity index (χ4v) is 1.46. The second kappa shape index (κ2) is 4.37. The van der Waals surface area contributed by atoms with E-state index in [0.29, 0.717) is 6.04 Å². The Hall–Kier alpha value is -2.17. The van der Waals surface area contributed by atoms with Crippen molar-refractivity contribution < 1.29 is 9.90 Å². The quantitative estimate of drug-likeness (QED) is 0.879. The maximum atomic E-state index is 10.7. The van der Waals surface area contributed by atoms with Crippen LogP contribution in [0, 0.1) is 0 Å². The third-order valence-electron chi connectivity index (χ3n) is 2.45. The van der Waals surface area contributed by atoms with Crippen LogP contribution in [0.5, 0.6) is 0 Å². The Morgan fingerprint density at radius 1 is 1.29 bits per heavy atom. The summed E-state index contributed by atoms with van der Waals surface area (Å²) in [4.78, 5) is 14.5. The van der Waals surface area contributed by atoms with E-state index in [0.717, 1.165) is 11.1 Å². The first-order valence-corrected chi connectivity index (χ1v) is 5.32. The number of carbonyl (C=O) groups is 1. The van der Waals surface area contributed by atoms with Crippen molar-refractivity contribution in [1.82, 2.24) is 14.8 Å². The topological polar surface area (TPSA) is 68.0 Å². The van der Waals surface area contributed by atoms with Crippen LogP contribution in [-0.4, -0.2) is 25.8 Å². The monoisotopic (exact) mass is 231 g/mol. The highest BCUT2D eigenvalue weighted by molar-refractivity contribution is 5.85. The molecule has 0 aliphatic rings. The van der Waals surface area contributed by atoms with E-state index in [9.17, 15) is 4.79 Å². The molecule has 0 spiro atoms. The van der Waals surface area contributed by atoms with E-state index in [1.807, 2.05) is 24.7 Å². The largest absolute Gasteiger partial charge is 0.477 e. The highest BCUT2D eigenvalue weighted by Crippen LogP contribution is 2.19. The zero-order valence-corrected chi connectivity index (χ0v) is 9.66. The molecule has 88 valence electrons. The smallest absolute Gasteiger partial charge is 0.354 e. The third kappa shape index (κ3) is 2.33. The first-order chi connectivity index (χ1) is 8.08. The van der Waals surface area contributed by atoms with Gasteiger partial charge in [-0.3, -0.25) is 4.68 Å². The minimum Gasteiger partial charge on any atom is -0.477 e. The Bertz CT molecular complexity index is 529. The van der Waals surface area contributed by atoms with Gasteiger partial charge in [-0.2, -0.15) is 5.10 Å². The molecule has 0 atom stereocenters. The summed E-state index contributed by atoms with van der Waals surface area (Å²) in [6, 6.07) is 3.53. The van der Waals surface area contributed by atoms with Crippen LogP contribution in [0.1, 0.15) is 30.4 Å². The third-order valence-corrected chi connectivity index (χ3v) is 2.45. The molecule has 0 radical (unpaired) electrons. The van der Waals surface area contributed by atoms with Gasteiger partial charge in [-0.05, 0) is 19.9 Å². The molecule has 2 rings (SSSR count). The van der Waals surface area contributed by atoms with Crippen LogP contribution in [0.25, 0.3) is 11.1 Å². The van der Waals surface area contributed by atoms with Gasteiger partial charge in [-0.1, -0.05) is 6.07 Å². The van der Waals surface area contributed by atoms with E-state index in [2.05, 4.69) is 10.1 Å². The Labute approximate surface area is 98.7 Å². The number of hydrogen-bond donors (Lipinski definition) is 1.